The molecule has 1 saturated carbocycles. The molecule has 1 fully saturated rings. The molecule has 3 rings (SSSR count). The lowest BCUT2D eigenvalue weighted by atomic mass is 9.83. The van der Waals surface area contributed by atoms with Gasteiger partial charge in [0.25, 0.3) is 5.91 Å². The van der Waals surface area contributed by atoms with Gasteiger partial charge in [-0.2, -0.15) is 0 Å². The highest BCUT2D eigenvalue weighted by atomic mass is 16.5. The molecule has 0 spiro atoms. The van der Waals surface area contributed by atoms with Crippen molar-refractivity contribution in [3.05, 3.63) is 42.2 Å². The molecule has 5 nitrogen and oxygen atoms in total. The molecule has 110 valence electrons. The molecule has 0 radical (unpaired) electrons. The van der Waals surface area contributed by atoms with Gasteiger partial charge >= 0.3 is 0 Å². The van der Waals surface area contributed by atoms with Crippen LogP contribution in [-0.4, -0.2) is 35.7 Å². The zero-order valence-electron chi connectivity index (χ0n) is 12.0. The number of carbonyl (C=O) groups is 1. The molecule has 1 aromatic heterocycles. The van der Waals surface area contributed by atoms with E-state index in [-0.39, 0.29) is 24.1 Å². The van der Waals surface area contributed by atoms with Crippen LogP contribution in [0.5, 0.6) is 0 Å². The third-order valence-corrected chi connectivity index (χ3v) is 3.93. The molecule has 0 aliphatic heterocycles. The number of pyridine rings is 1. The number of rotatable bonds is 4. The minimum Gasteiger partial charge on any atom is -0.376 e. The second-order valence-electron chi connectivity index (χ2n) is 5.27. The van der Waals surface area contributed by atoms with Crippen molar-refractivity contribution in [2.45, 2.75) is 31.5 Å². The molecule has 0 saturated heterocycles. The molecule has 1 aliphatic rings. The summed E-state index contributed by atoms with van der Waals surface area (Å²) in [6, 6.07) is 9.41. The van der Waals surface area contributed by atoms with Gasteiger partial charge in [-0.05, 0) is 24.8 Å². The Morgan fingerprint density at radius 1 is 1.43 bits per heavy atom. The number of amides is 1. The smallest absolute Gasteiger partial charge is 0.270 e. The van der Waals surface area contributed by atoms with Crippen LogP contribution in [0, 0.1) is 0 Å². The molecule has 3 unspecified atom stereocenters. The number of nitrogens with two attached hydrogens (primary N) is 1. The van der Waals surface area contributed by atoms with Gasteiger partial charge in [0.15, 0.2) is 0 Å². The highest BCUT2D eigenvalue weighted by Crippen LogP contribution is 2.23. The molecule has 1 aromatic carbocycles. The molecule has 0 bridgehead atoms. The van der Waals surface area contributed by atoms with E-state index in [4.69, 9.17) is 10.5 Å². The Balaban J connectivity index is 1.81. The highest BCUT2D eigenvalue weighted by molar-refractivity contribution is 6.05. The number of ether oxygens (including phenoxy) is 1. The van der Waals surface area contributed by atoms with Gasteiger partial charge in [0.1, 0.15) is 5.69 Å². The molecule has 3 atom stereocenters. The van der Waals surface area contributed by atoms with E-state index in [0.29, 0.717) is 12.3 Å². The van der Waals surface area contributed by atoms with Crippen molar-refractivity contribution in [2.75, 3.05) is 6.61 Å². The van der Waals surface area contributed by atoms with Crippen molar-refractivity contribution in [3.63, 3.8) is 0 Å². The predicted octanol–water partition coefficient (Wildman–Crippen LogP) is 1.47. The fourth-order valence-electron chi connectivity index (χ4n) is 2.75. The lowest BCUT2D eigenvalue weighted by Crippen LogP contribution is -2.64. The maximum Gasteiger partial charge on any atom is 0.270 e. The number of fused-ring (bicyclic) bond motifs is 1. The van der Waals surface area contributed by atoms with Crippen LogP contribution in [0.1, 0.15) is 23.8 Å². The topological polar surface area (TPSA) is 77.2 Å². The Hall–Kier alpha value is -1.98. The van der Waals surface area contributed by atoms with Crippen molar-refractivity contribution in [1.29, 1.82) is 0 Å². The van der Waals surface area contributed by atoms with E-state index < -0.39 is 0 Å². The molecule has 1 heterocycles. The van der Waals surface area contributed by atoms with Crippen molar-refractivity contribution in [1.82, 2.24) is 10.3 Å². The van der Waals surface area contributed by atoms with Crippen molar-refractivity contribution in [2.24, 2.45) is 5.73 Å². The summed E-state index contributed by atoms with van der Waals surface area (Å²) in [6.07, 6.45) is 2.43. The van der Waals surface area contributed by atoms with Crippen LogP contribution >= 0.6 is 0 Å². The second-order valence-corrected chi connectivity index (χ2v) is 5.27. The van der Waals surface area contributed by atoms with Gasteiger partial charge in [-0.3, -0.25) is 9.78 Å². The van der Waals surface area contributed by atoms with Gasteiger partial charge in [0, 0.05) is 24.2 Å². The normalized spacial score (nSPS) is 24.6. The number of aromatic nitrogens is 1. The van der Waals surface area contributed by atoms with Gasteiger partial charge in [-0.15, -0.1) is 0 Å². The van der Waals surface area contributed by atoms with Crippen LogP contribution in [0.3, 0.4) is 0 Å². The van der Waals surface area contributed by atoms with Gasteiger partial charge in [-0.1, -0.05) is 24.3 Å². The van der Waals surface area contributed by atoms with Gasteiger partial charge in [0.2, 0.25) is 0 Å². The van der Waals surface area contributed by atoms with Crippen LogP contribution in [0.15, 0.2) is 36.5 Å². The van der Waals surface area contributed by atoms with E-state index in [1.54, 1.807) is 6.20 Å². The number of carbonyl (C=O) groups excluding carboxylic acids is 1. The fourth-order valence-corrected chi connectivity index (χ4v) is 2.75. The molecular formula is C16H19N3O2. The van der Waals surface area contributed by atoms with E-state index in [1.807, 2.05) is 37.3 Å². The fraction of sp³-hybridized carbons (Fsp3) is 0.375. The predicted molar refractivity (Wildman–Crippen MR) is 81.0 cm³/mol. The zero-order chi connectivity index (χ0) is 14.8. The lowest BCUT2D eigenvalue weighted by molar-refractivity contribution is -0.0300. The SMILES string of the molecule is CCOC1CC(N)C1NC(=O)c1nccc2ccccc12. The van der Waals surface area contributed by atoms with Crippen molar-refractivity contribution < 1.29 is 9.53 Å². The summed E-state index contributed by atoms with van der Waals surface area (Å²) in [4.78, 5) is 16.7. The van der Waals surface area contributed by atoms with Crippen LogP contribution < -0.4 is 11.1 Å². The second kappa shape index (κ2) is 5.79. The average molecular weight is 285 g/mol. The first kappa shape index (κ1) is 14.0. The van der Waals surface area contributed by atoms with E-state index in [9.17, 15) is 4.79 Å². The summed E-state index contributed by atoms with van der Waals surface area (Å²) in [7, 11) is 0. The Bertz CT molecular complexity index is 652. The summed E-state index contributed by atoms with van der Waals surface area (Å²) in [5.74, 6) is -0.198. The van der Waals surface area contributed by atoms with E-state index in [2.05, 4.69) is 10.3 Å². The summed E-state index contributed by atoms with van der Waals surface area (Å²) in [5.41, 5.74) is 6.40. The number of nitrogens with zero attached hydrogens (tertiary/aromatic N) is 1. The molecule has 2 aromatic rings. The quantitative estimate of drug-likeness (QED) is 0.891. The van der Waals surface area contributed by atoms with E-state index >= 15 is 0 Å². The maximum atomic E-state index is 12.5. The molecule has 1 amide bonds. The minimum absolute atomic E-state index is 0.00364. The number of hydrogen-bond acceptors (Lipinski definition) is 4. The van der Waals surface area contributed by atoms with Gasteiger partial charge in [0.05, 0.1) is 12.1 Å². The standard InChI is InChI=1S/C16H19N3O2/c1-2-21-13-9-12(17)15(13)19-16(20)14-11-6-4-3-5-10(11)7-8-18-14/h3-8,12-13,15H,2,9,17H2,1H3,(H,19,20). The summed E-state index contributed by atoms with van der Waals surface area (Å²) in [5, 5.41) is 4.80. The van der Waals surface area contributed by atoms with Crippen molar-refractivity contribution in [3.8, 4) is 0 Å². The highest BCUT2D eigenvalue weighted by Gasteiger charge is 2.40. The molecule has 21 heavy (non-hydrogen) atoms. The summed E-state index contributed by atoms with van der Waals surface area (Å²) in [6.45, 7) is 2.56. The van der Waals surface area contributed by atoms with Crippen LogP contribution in [-0.2, 0) is 4.74 Å². The number of nitrogens with one attached hydrogen (secondary N) is 1. The first-order chi connectivity index (χ1) is 10.2. The largest absolute Gasteiger partial charge is 0.376 e. The summed E-state index contributed by atoms with van der Waals surface area (Å²) >= 11 is 0. The van der Waals surface area contributed by atoms with Crippen LogP contribution in [0.4, 0.5) is 0 Å². The molecule has 1 aliphatic carbocycles. The number of hydrogen-bond donors (Lipinski definition) is 2. The molecule has 3 N–H and O–H groups in total. The summed E-state index contributed by atoms with van der Waals surface area (Å²) < 4.78 is 5.57. The zero-order valence-corrected chi connectivity index (χ0v) is 12.0. The van der Waals surface area contributed by atoms with Crippen LogP contribution in [0.25, 0.3) is 10.8 Å². The van der Waals surface area contributed by atoms with Gasteiger partial charge < -0.3 is 15.8 Å². The molecule has 5 heteroatoms. The van der Waals surface area contributed by atoms with Gasteiger partial charge in [-0.25, -0.2) is 0 Å². The average Bonchev–Trinajstić information content (AvgIpc) is 2.51. The Labute approximate surface area is 123 Å². The lowest BCUT2D eigenvalue weighted by Gasteiger charge is -2.42. The minimum atomic E-state index is -0.198. The Kier molecular flexibility index (Phi) is 3.86. The van der Waals surface area contributed by atoms with Crippen molar-refractivity contribution >= 4 is 16.7 Å². The third-order valence-electron chi connectivity index (χ3n) is 3.93. The Morgan fingerprint density at radius 2 is 2.24 bits per heavy atom. The molecular weight excluding hydrogens is 266 g/mol. The van der Waals surface area contributed by atoms with E-state index in [0.717, 1.165) is 17.2 Å². The monoisotopic (exact) mass is 285 g/mol. The Morgan fingerprint density at radius 3 is 3.00 bits per heavy atom. The first-order valence-corrected chi connectivity index (χ1v) is 7.22. The van der Waals surface area contributed by atoms with E-state index in [1.165, 1.54) is 0 Å². The number of benzene rings is 1. The first-order valence-electron chi connectivity index (χ1n) is 7.22. The maximum absolute atomic E-state index is 12.5. The van der Waals surface area contributed by atoms with Crippen LogP contribution in [0.2, 0.25) is 0 Å². The third kappa shape index (κ3) is 2.62.